The minimum absolute atomic E-state index is 0. The Balaban J connectivity index is 0.00000192. The quantitative estimate of drug-likeness (QED) is 0.886. The molecule has 0 bridgehead atoms. The molecule has 0 radical (unpaired) electrons. The van der Waals surface area contributed by atoms with Crippen LogP contribution < -0.4 is 11.3 Å². The van der Waals surface area contributed by atoms with Crippen LogP contribution in [0.5, 0.6) is 0 Å². The highest BCUT2D eigenvalue weighted by Gasteiger charge is 2.23. The molecule has 0 aromatic carbocycles. The van der Waals surface area contributed by atoms with Crippen molar-refractivity contribution in [2.75, 3.05) is 13.1 Å². The fourth-order valence-corrected chi connectivity index (χ4v) is 4.30. The Morgan fingerprint density at radius 2 is 2.22 bits per heavy atom. The van der Waals surface area contributed by atoms with Gasteiger partial charge < -0.3 is 10.7 Å². The molecule has 0 spiro atoms. The molecule has 128 valence electrons. The number of nitrogens with zero attached hydrogens (tertiary/aromatic N) is 2. The number of rotatable bonds is 3. The molecule has 3 N–H and O–H groups in total. The van der Waals surface area contributed by atoms with Crippen LogP contribution in [0.4, 0.5) is 0 Å². The lowest BCUT2D eigenvalue weighted by Crippen LogP contribution is -2.42. The molecule has 1 fully saturated rings. The zero-order chi connectivity index (χ0) is 15.9. The van der Waals surface area contributed by atoms with E-state index in [4.69, 9.17) is 5.73 Å². The molecule has 1 aliphatic heterocycles. The van der Waals surface area contributed by atoms with E-state index in [1.54, 1.807) is 11.3 Å². The van der Waals surface area contributed by atoms with E-state index in [2.05, 4.69) is 21.8 Å². The summed E-state index contributed by atoms with van der Waals surface area (Å²) in [4.78, 5) is 24.3. The van der Waals surface area contributed by atoms with E-state index in [0.717, 1.165) is 41.1 Å². The zero-order valence-corrected chi connectivity index (χ0v) is 15.5. The molecule has 2 aromatic heterocycles. The van der Waals surface area contributed by atoms with Gasteiger partial charge in [-0.25, -0.2) is 4.98 Å². The summed E-state index contributed by atoms with van der Waals surface area (Å²) in [6.45, 7) is 8.85. The molecule has 1 aliphatic rings. The molecule has 3 rings (SSSR count). The van der Waals surface area contributed by atoms with Gasteiger partial charge >= 0.3 is 0 Å². The first-order valence-corrected chi connectivity index (χ1v) is 8.74. The largest absolute Gasteiger partial charge is 0.328 e. The monoisotopic (exact) mass is 356 g/mol. The molecular weight excluding hydrogens is 332 g/mol. The summed E-state index contributed by atoms with van der Waals surface area (Å²) >= 11 is 1.60. The molecule has 23 heavy (non-hydrogen) atoms. The highest BCUT2D eigenvalue weighted by molar-refractivity contribution is 7.18. The van der Waals surface area contributed by atoms with Crippen LogP contribution in [0, 0.1) is 19.8 Å². The number of aromatic nitrogens is 2. The van der Waals surface area contributed by atoms with Gasteiger partial charge in [0.25, 0.3) is 5.56 Å². The van der Waals surface area contributed by atoms with Crippen LogP contribution >= 0.6 is 23.7 Å². The maximum absolute atomic E-state index is 12.3. The number of H-pyrrole nitrogens is 1. The van der Waals surface area contributed by atoms with Crippen molar-refractivity contribution >= 4 is 34.0 Å². The fraction of sp³-hybridized carbons (Fsp3) is 0.625. The molecular formula is C16H25ClN4OS. The van der Waals surface area contributed by atoms with Crippen molar-refractivity contribution in [2.24, 2.45) is 11.7 Å². The Bertz CT molecular complexity index is 739. The van der Waals surface area contributed by atoms with E-state index in [1.165, 1.54) is 11.3 Å². The number of hydrogen-bond donors (Lipinski definition) is 2. The van der Waals surface area contributed by atoms with Gasteiger partial charge in [-0.3, -0.25) is 9.69 Å². The lowest BCUT2D eigenvalue weighted by molar-refractivity contribution is 0.151. The summed E-state index contributed by atoms with van der Waals surface area (Å²) in [7, 11) is 0. The van der Waals surface area contributed by atoms with Crippen molar-refractivity contribution in [1.29, 1.82) is 0 Å². The van der Waals surface area contributed by atoms with E-state index in [0.29, 0.717) is 12.5 Å². The number of fused-ring (bicyclic) bond motifs is 1. The molecule has 0 amide bonds. The molecule has 3 heterocycles. The second kappa shape index (κ2) is 7.30. The first-order chi connectivity index (χ1) is 10.5. The number of halogens is 1. The lowest BCUT2D eigenvalue weighted by Gasteiger charge is -2.34. The third kappa shape index (κ3) is 3.76. The maximum Gasteiger partial charge on any atom is 0.259 e. The lowest BCUT2D eigenvalue weighted by atomic mass is 9.92. The number of piperidine rings is 1. The summed E-state index contributed by atoms with van der Waals surface area (Å²) in [6.07, 6.45) is 2.36. The second-order valence-corrected chi connectivity index (χ2v) is 7.68. The fourth-order valence-electron chi connectivity index (χ4n) is 3.25. The standard InChI is InChI=1S/C16H24N4OS.ClH/c1-9-11(3)22-16-14(9)15(21)18-13(19-16)8-20-6-4-5-12(7-20)10(2)17;/h10,12H,4-8,17H2,1-3H3,(H,18,19,21);1H. The van der Waals surface area contributed by atoms with Crippen LogP contribution in [0.2, 0.25) is 0 Å². The van der Waals surface area contributed by atoms with E-state index < -0.39 is 0 Å². The highest BCUT2D eigenvalue weighted by Crippen LogP contribution is 2.26. The first-order valence-electron chi connectivity index (χ1n) is 7.92. The van der Waals surface area contributed by atoms with Gasteiger partial charge in [0.05, 0.1) is 11.9 Å². The normalized spacial score (nSPS) is 20.4. The number of aryl methyl sites for hydroxylation is 2. The van der Waals surface area contributed by atoms with Crippen LogP contribution in [0.25, 0.3) is 10.2 Å². The minimum atomic E-state index is -0.0115. The third-order valence-electron chi connectivity index (χ3n) is 4.75. The van der Waals surface area contributed by atoms with Gasteiger partial charge in [0.1, 0.15) is 10.7 Å². The van der Waals surface area contributed by atoms with Gasteiger partial charge in [0.2, 0.25) is 0 Å². The van der Waals surface area contributed by atoms with Gasteiger partial charge in [-0.1, -0.05) is 0 Å². The van der Waals surface area contributed by atoms with Gasteiger partial charge in [0, 0.05) is 17.5 Å². The van der Waals surface area contributed by atoms with Crippen molar-refractivity contribution in [1.82, 2.24) is 14.9 Å². The Kier molecular flexibility index (Phi) is 5.84. The minimum Gasteiger partial charge on any atom is -0.328 e. The Morgan fingerprint density at radius 3 is 2.91 bits per heavy atom. The zero-order valence-electron chi connectivity index (χ0n) is 13.9. The molecule has 2 atom stereocenters. The predicted molar refractivity (Wildman–Crippen MR) is 98.6 cm³/mol. The van der Waals surface area contributed by atoms with E-state index in [-0.39, 0.29) is 24.0 Å². The van der Waals surface area contributed by atoms with Crippen LogP contribution in [-0.4, -0.2) is 34.0 Å². The van der Waals surface area contributed by atoms with Crippen molar-refractivity contribution in [2.45, 2.75) is 46.2 Å². The number of thiophene rings is 1. The Labute approximate surface area is 146 Å². The van der Waals surface area contributed by atoms with Crippen LogP contribution in [-0.2, 0) is 6.54 Å². The molecule has 2 aromatic rings. The van der Waals surface area contributed by atoms with Gasteiger partial charge in [0.15, 0.2) is 0 Å². The summed E-state index contributed by atoms with van der Waals surface area (Å²) in [5, 5.41) is 0.748. The average molecular weight is 357 g/mol. The summed E-state index contributed by atoms with van der Waals surface area (Å²) in [6, 6.07) is 0.222. The van der Waals surface area contributed by atoms with Gasteiger partial charge in [-0.05, 0) is 51.6 Å². The summed E-state index contributed by atoms with van der Waals surface area (Å²) in [5.41, 5.74) is 7.08. The molecule has 1 saturated heterocycles. The topological polar surface area (TPSA) is 75.0 Å². The smallest absolute Gasteiger partial charge is 0.259 e. The maximum atomic E-state index is 12.3. The second-order valence-electron chi connectivity index (χ2n) is 6.47. The van der Waals surface area contributed by atoms with Crippen molar-refractivity contribution < 1.29 is 0 Å². The number of hydrogen-bond acceptors (Lipinski definition) is 5. The third-order valence-corrected chi connectivity index (χ3v) is 5.85. The molecule has 0 aliphatic carbocycles. The van der Waals surface area contributed by atoms with Crippen molar-refractivity contribution in [3.8, 4) is 0 Å². The van der Waals surface area contributed by atoms with Crippen molar-refractivity contribution in [3.05, 3.63) is 26.6 Å². The van der Waals surface area contributed by atoms with Gasteiger partial charge in [-0.2, -0.15) is 0 Å². The first kappa shape index (κ1) is 18.4. The number of likely N-dealkylation sites (tertiary alicyclic amines) is 1. The Hall–Kier alpha value is -0.950. The number of nitrogens with two attached hydrogens (primary N) is 1. The summed E-state index contributed by atoms with van der Waals surface area (Å²) < 4.78 is 0. The Morgan fingerprint density at radius 1 is 1.48 bits per heavy atom. The average Bonchev–Trinajstić information content (AvgIpc) is 2.74. The SMILES string of the molecule is Cc1sc2nc(CN3CCCC(C(C)N)C3)[nH]c(=O)c2c1C.Cl. The van der Waals surface area contributed by atoms with Crippen LogP contribution in [0.3, 0.4) is 0 Å². The van der Waals surface area contributed by atoms with E-state index >= 15 is 0 Å². The molecule has 0 saturated carbocycles. The molecule has 7 heteroatoms. The van der Waals surface area contributed by atoms with Crippen LogP contribution in [0.15, 0.2) is 4.79 Å². The van der Waals surface area contributed by atoms with E-state index in [1.807, 2.05) is 13.8 Å². The molecule has 5 nitrogen and oxygen atoms in total. The van der Waals surface area contributed by atoms with Crippen LogP contribution in [0.1, 0.15) is 36.0 Å². The molecule has 2 unspecified atom stereocenters. The van der Waals surface area contributed by atoms with Crippen molar-refractivity contribution in [3.63, 3.8) is 0 Å². The predicted octanol–water partition coefficient (Wildman–Crippen LogP) is 2.58. The summed E-state index contributed by atoms with van der Waals surface area (Å²) in [5.74, 6) is 1.31. The van der Waals surface area contributed by atoms with E-state index in [9.17, 15) is 4.79 Å². The number of nitrogens with one attached hydrogen (secondary N) is 1. The highest BCUT2D eigenvalue weighted by atomic mass is 35.5. The van der Waals surface area contributed by atoms with Gasteiger partial charge in [-0.15, -0.1) is 23.7 Å². The number of aromatic amines is 1.